The number of aliphatic hydroxyl groups is 3. The number of phenolic OH excluding ortho intramolecular Hbond substituents is 1. The van der Waals surface area contributed by atoms with Crippen molar-refractivity contribution in [3.8, 4) is 16.9 Å². The van der Waals surface area contributed by atoms with E-state index >= 15 is 0 Å². The van der Waals surface area contributed by atoms with E-state index in [4.69, 9.17) is 0 Å². The van der Waals surface area contributed by atoms with Gasteiger partial charge in [0.05, 0.1) is 5.56 Å². The predicted octanol–water partition coefficient (Wildman–Crippen LogP) is 7.34. The van der Waals surface area contributed by atoms with Crippen LogP contribution in [-0.4, -0.2) is 43.4 Å². The summed E-state index contributed by atoms with van der Waals surface area (Å²) in [5.74, 6) is -4.63. The molecule has 240 valence electrons. The largest absolute Gasteiger partial charge is 0.511 e. The zero-order valence-electron chi connectivity index (χ0n) is 27.8. The van der Waals surface area contributed by atoms with Crippen LogP contribution in [-0.2, 0) is 22.4 Å². The highest BCUT2D eigenvalue weighted by Gasteiger charge is 2.71. The molecular formula is C38H46O7. The summed E-state index contributed by atoms with van der Waals surface area (Å²) in [7, 11) is 0. The number of carbonyl (C=O) groups excluding carboxylic acids is 3. The summed E-state index contributed by atoms with van der Waals surface area (Å²) >= 11 is 0. The van der Waals surface area contributed by atoms with Crippen LogP contribution in [0.15, 0.2) is 53.0 Å². The lowest BCUT2D eigenvalue weighted by atomic mass is 9.44. The van der Waals surface area contributed by atoms with Crippen LogP contribution in [0.2, 0.25) is 0 Å². The quantitative estimate of drug-likeness (QED) is 0.250. The smallest absolute Gasteiger partial charge is 0.209 e. The minimum Gasteiger partial charge on any atom is -0.511 e. The van der Waals surface area contributed by atoms with Gasteiger partial charge in [-0.15, -0.1) is 0 Å². The van der Waals surface area contributed by atoms with Gasteiger partial charge in [-0.05, 0) is 72.3 Å². The van der Waals surface area contributed by atoms with E-state index in [9.17, 15) is 34.8 Å². The standard InChI is InChI=1S/C38H46O7/c1-18(2)13-22-11-10-12-23(14-22)25-15-24(19(3)4)26-16-36(8)17-37(9)29(20(5)6)32(41)27(21(7)39)34(43)38(37,45)35(44)30(36)33(42)28(26)31(25)40/h10-12,14-15,18-20,29,40-41,44-45H,13,16-17H2,1-9H3/t29?,36-,37-,38+/m1/s1. The molecule has 0 fully saturated rings. The molecule has 0 amide bonds. The number of carbonyl (C=O) groups is 3. The molecule has 0 saturated heterocycles. The number of Topliss-reactive ketones (excluding diaryl/α,β-unsaturated/α-hetero) is 3. The van der Waals surface area contributed by atoms with Gasteiger partial charge in [-0.2, -0.15) is 0 Å². The second kappa shape index (κ2) is 10.7. The topological polar surface area (TPSA) is 132 Å². The molecule has 0 bridgehead atoms. The first-order valence-corrected chi connectivity index (χ1v) is 16.0. The Morgan fingerprint density at radius 3 is 2.20 bits per heavy atom. The van der Waals surface area contributed by atoms with Gasteiger partial charge in [-0.25, -0.2) is 0 Å². The number of aromatic hydroxyl groups is 1. The molecule has 7 heteroatoms. The molecule has 0 radical (unpaired) electrons. The van der Waals surface area contributed by atoms with Gasteiger partial charge in [-0.1, -0.05) is 79.7 Å². The Kier molecular flexibility index (Phi) is 7.76. The number of aliphatic hydroxyl groups excluding tert-OH is 2. The lowest BCUT2D eigenvalue weighted by molar-refractivity contribution is -0.171. The van der Waals surface area contributed by atoms with Crippen LogP contribution in [0.25, 0.3) is 11.1 Å². The third-order valence-electron chi connectivity index (χ3n) is 10.5. The van der Waals surface area contributed by atoms with Gasteiger partial charge in [0, 0.05) is 27.9 Å². The maximum Gasteiger partial charge on any atom is 0.209 e. The lowest BCUT2D eigenvalue weighted by Crippen LogP contribution is -2.67. The maximum atomic E-state index is 14.7. The minimum atomic E-state index is -2.63. The zero-order chi connectivity index (χ0) is 33.5. The van der Waals surface area contributed by atoms with Crippen molar-refractivity contribution in [2.45, 2.75) is 93.1 Å². The monoisotopic (exact) mass is 614 g/mol. The summed E-state index contributed by atoms with van der Waals surface area (Å²) in [6.07, 6.45) is 1.18. The van der Waals surface area contributed by atoms with Crippen LogP contribution >= 0.6 is 0 Å². The van der Waals surface area contributed by atoms with Crippen LogP contribution in [0.3, 0.4) is 0 Å². The van der Waals surface area contributed by atoms with E-state index in [0.717, 1.165) is 30.0 Å². The molecule has 2 aromatic rings. The van der Waals surface area contributed by atoms with E-state index in [1.165, 1.54) is 0 Å². The molecule has 0 heterocycles. The van der Waals surface area contributed by atoms with Crippen molar-refractivity contribution in [2.75, 3.05) is 0 Å². The maximum absolute atomic E-state index is 14.7. The fourth-order valence-electron chi connectivity index (χ4n) is 8.90. The first-order valence-electron chi connectivity index (χ1n) is 16.0. The molecule has 0 saturated carbocycles. The molecule has 45 heavy (non-hydrogen) atoms. The minimum absolute atomic E-state index is 0.00615. The highest BCUT2D eigenvalue weighted by Crippen LogP contribution is 2.65. The van der Waals surface area contributed by atoms with Gasteiger partial charge in [0.1, 0.15) is 22.8 Å². The SMILES string of the molecule is CC(=O)C1=C(O)C(C(C)C)[C@@]2(C)C[C@@]3(C)Cc4c(C(C)C)cc(-c5cccc(CC(C)C)c5)c(O)c4C(=O)C3=C(O)[C@@]2(O)C1=O. The summed E-state index contributed by atoms with van der Waals surface area (Å²) in [5, 5.41) is 47.5. The van der Waals surface area contributed by atoms with E-state index in [0.29, 0.717) is 17.0 Å². The summed E-state index contributed by atoms with van der Waals surface area (Å²) < 4.78 is 0. The molecule has 0 spiro atoms. The Morgan fingerprint density at radius 1 is 1.00 bits per heavy atom. The van der Waals surface area contributed by atoms with Crippen LogP contribution in [0.1, 0.15) is 102 Å². The van der Waals surface area contributed by atoms with Crippen molar-refractivity contribution < 1.29 is 34.8 Å². The molecule has 5 rings (SSSR count). The second-order valence-corrected chi connectivity index (χ2v) is 15.1. The molecule has 0 aliphatic heterocycles. The Morgan fingerprint density at radius 2 is 1.64 bits per heavy atom. The lowest BCUT2D eigenvalue weighted by Gasteiger charge is -2.59. The van der Waals surface area contributed by atoms with E-state index in [-0.39, 0.29) is 47.3 Å². The first-order chi connectivity index (χ1) is 20.8. The Balaban J connectivity index is 1.80. The van der Waals surface area contributed by atoms with Crippen molar-refractivity contribution in [1.82, 2.24) is 0 Å². The van der Waals surface area contributed by atoms with Crippen molar-refractivity contribution in [1.29, 1.82) is 0 Å². The molecule has 4 N–H and O–H groups in total. The number of rotatable bonds is 6. The average Bonchev–Trinajstić information content (AvgIpc) is 2.90. The van der Waals surface area contributed by atoms with Gasteiger partial charge in [0.15, 0.2) is 17.2 Å². The second-order valence-electron chi connectivity index (χ2n) is 15.1. The van der Waals surface area contributed by atoms with Gasteiger partial charge in [-0.3, -0.25) is 14.4 Å². The van der Waals surface area contributed by atoms with Gasteiger partial charge < -0.3 is 20.4 Å². The van der Waals surface area contributed by atoms with Gasteiger partial charge in [0.2, 0.25) is 5.78 Å². The molecule has 2 aromatic carbocycles. The van der Waals surface area contributed by atoms with Crippen LogP contribution in [0, 0.1) is 28.6 Å². The van der Waals surface area contributed by atoms with Crippen molar-refractivity contribution in [3.63, 3.8) is 0 Å². The van der Waals surface area contributed by atoms with Crippen LogP contribution < -0.4 is 0 Å². The number of phenols is 1. The van der Waals surface area contributed by atoms with Gasteiger partial charge in [0.25, 0.3) is 0 Å². The number of fused-ring (bicyclic) bond motifs is 3. The Bertz CT molecular complexity index is 1710. The molecule has 3 aliphatic carbocycles. The third-order valence-corrected chi connectivity index (χ3v) is 10.5. The average molecular weight is 615 g/mol. The van der Waals surface area contributed by atoms with Crippen LogP contribution in [0.4, 0.5) is 0 Å². The van der Waals surface area contributed by atoms with Gasteiger partial charge >= 0.3 is 0 Å². The summed E-state index contributed by atoms with van der Waals surface area (Å²) in [6.45, 7) is 16.6. The fraction of sp³-hybridized carbons (Fsp3) is 0.500. The third kappa shape index (κ3) is 4.52. The highest BCUT2D eigenvalue weighted by molar-refractivity contribution is 6.25. The van der Waals surface area contributed by atoms with Crippen LogP contribution in [0.5, 0.6) is 5.75 Å². The predicted molar refractivity (Wildman–Crippen MR) is 173 cm³/mol. The molecule has 7 nitrogen and oxygen atoms in total. The Labute approximate surface area is 265 Å². The van der Waals surface area contributed by atoms with E-state index in [2.05, 4.69) is 13.8 Å². The van der Waals surface area contributed by atoms with E-state index < -0.39 is 51.0 Å². The molecule has 0 aromatic heterocycles. The highest BCUT2D eigenvalue weighted by atomic mass is 16.3. The number of hydrogen-bond donors (Lipinski definition) is 4. The van der Waals surface area contributed by atoms with E-state index in [1.54, 1.807) is 6.92 Å². The summed E-state index contributed by atoms with van der Waals surface area (Å²) in [6, 6.07) is 9.83. The number of allylic oxidation sites excluding steroid dienone is 2. The van der Waals surface area contributed by atoms with Crippen molar-refractivity contribution in [2.24, 2.45) is 28.6 Å². The number of benzene rings is 2. The first kappa shape index (κ1) is 32.7. The number of hydrogen-bond acceptors (Lipinski definition) is 7. The van der Waals surface area contributed by atoms with Crippen molar-refractivity contribution in [3.05, 3.63) is 75.3 Å². The normalized spacial score (nSPS) is 28.2. The molecule has 4 atom stereocenters. The summed E-state index contributed by atoms with van der Waals surface area (Å²) in [5.41, 5.74) is -1.81. The van der Waals surface area contributed by atoms with Crippen molar-refractivity contribution >= 4 is 17.3 Å². The van der Waals surface area contributed by atoms with E-state index in [1.807, 2.05) is 65.0 Å². The molecule has 3 aliphatic rings. The molecule has 1 unspecified atom stereocenters. The Hall–Kier alpha value is -3.71. The molecular weight excluding hydrogens is 568 g/mol. The number of ketones is 3. The summed E-state index contributed by atoms with van der Waals surface area (Å²) in [4.78, 5) is 41.3. The zero-order valence-corrected chi connectivity index (χ0v) is 27.8. The fourth-order valence-corrected chi connectivity index (χ4v) is 8.90.